The third-order valence-corrected chi connectivity index (χ3v) is 3.70. The van der Waals surface area contributed by atoms with E-state index in [1.165, 1.54) is 0 Å². The predicted octanol–water partition coefficient (Wildman–Crippen LogP) is 0.880. The maximum Gasteiger partial charge on any atom is 0.308 e. The average Bonchev–Trinajstić information content (AvgIpc) is 2.47. The Kier molecular flexibility index (Phi) is 4.74. The van der Waals surface area contributed by atoms with Crippen LogP contribution in [0, 0.1) is 5.92 Å². The maximum absolute atomic E-state index is 12.3. The molecule has 0 aromatic heterocycles. The van der Waals surface area contributed by atoms with Gasteiger partial charge in [-0.25, -0.2) is 0 Å². The number of amides is 1. The Bertz CT molecular complexity index is 475. The summed E-state index contributed by atoms with van der Waals surface area (Å²) in [7, 11) is 0. The number of hydrogen-bond acceptors (Lipinski definition) is 3. The molecule has 0 saturated carbocycles. The van der Waals surface area contributed by atoms with Gasteiger partial charge in [-0.1, -0.05) is 30.3 Å². The number of nitrogens with zero attached hydrogens (tertiary/aromatic N) is 1. The molecule has 1 amide bonds. The molecular formula is C15H20N2O3. The lowest BCUT2D eigenvalue weighted by Gasteiger charge is -2.32. The van der Waals surface area contributed by atoms with Gasteiger partial charge in [0, 0.05) is 13.1 Å². The molecular weight excluding hydrogens is 256 g/mol. The van der Waals surface area contributed by atoms with Gasteiger partial charge >= 0.3 is 5.97 Å². The third-order valence-electron chi connectivity index (χ3n) is 3.70. The van der Waals surface area contributed by atoms with Crippen LogP contribution in [-0.2, 0) is 16.0 Å². The summed E-state index contributed by atoms with van der Waals surface area (Å²) < 4.78 is 0. The standard InChI is InChI=1S/C15H20N2O3/c16-13(9-11-5-2-1-3-6-11)14(18)17-8-4-7-12(10-17)15(19)20/h1-3,5-6,12-13H,4,7-10,16H2,(H,19,20)/t12?,13-/m0/s1. The number of aliphatic carboxylic acids is 1. The number of carboxylic acid groups (broad SMARTS) is 1. The van der Waals surface area contributed by atoms with Gasteiger partial charge in [0.2, 0.25) is 5.91 Å². The molecule has 1 aromatic rings. The molecule has 2 atom stereocenters. The van der Waals surface area contributed by atoms with Crippen LogP contribution in [0.3, 0.4) is 0 Å². The summed E-state index contributed by atoms with van der Waals surface area (Å²) in [6.07, 6.45) is 1.84. The number of nitrogens with two attached hydrogens (primary N) is 1. The molecule has 1 aliphatic heterocycles. The summed E-state index contributed by atoms with van der Waals surface area (Å²) in [5, 5.41) is 9.04. The number of hydrogen-bond donors (Lipinski definition) is 2. The zero-order valence-corrected chi connectivity index (χ0v) is 11.4. The van der Waals surface area contributed by atoms with Crippen LogP contribution >= 0.6 is 0 Å². The molecule has 3 N–H and O–H groups in total. The molecule has 2 rings (SSSR count). The number of carbonyl (C=O) groups is 2. The van der Waals surface area contributed by atoms with Gasteiger partial charge in [-0.15, -0.1) is 0 Å². The van der Waals surface area contributed by atoms with Crippen LogP contribution in [0.15, 0.2) is 30.3 Å². The quantitative estimate of drug-likeness (QED) is 0.855. The minimum Gasteiger partial charge on any atom is -0.481 e. The fourth-order valence-corrected chi connectivity index (χ4v) is 2.57. The molecule has 108 valence electrons. The Morgan fingerprint density at radius 1 is 1.35 bits per heavy atom. The lowest BCUT2D eigenvalue weighted by atomic mass is 9.97. The number of rotatable bonds is 4. The molecule has 0 aliphatic carbocycles. The third kappa shape index (κ3) is 3.57. The molecule has 1 unspecified atom stereocenters. The fourth-order valence-electron chi connectivity index (χ4n) is 2.57. The first-order valence-corrected chi connectivity index (χ1v) is 6.89. The summed E-state index contributed by atoms with van der Waals surface area (Å²) in [5.41, 5.74) is 6.98. The van der Waals surface area contributed by atoms with Crippen molar-refractivity contribution in [1.29, 1.82) is 0 Å². The Hall–Kier alpha value is -1.88. The van der Waals surface area contributed by atoms with E-state index in [1.807, 2.05) is 30.3 Å². The SMILES string of the molecule is N[C@@H](Cc1ccccc1)C(=O)N1CCCC(C(=O)O)C1. The molecule has 20 heavy (non-hydrogen) atoms. The van der Waals surface area contributed by atoms with E-state index in [0.29, 0.717) is 19.4 Å². The fraction of sp³-hybridized carbons (Fsp3) is 0.467. The molecule has 0 spiro atoms. The topological polar surface area (TPSA) is 83.6 Å². The number of likely N-dealkylation sites (tertiary alicyclic amines) is 1. The van der Waals surface area contributed by atoms with E-state index < -0.39 is 17.9 Å². The first kappa shape index (κ1) is 14.5. The summed E-state index contributed by atoms with van der Waals surface area (Å²) >= 11 is 0. The maximum atomic E-state index is 12.3. The molecule has 0 radical (unpaired) electrons. The van der Waals surface area contributed by atoms with E-state index in [2.05, 4.69) is 0 Å². The highest BCUT2D eigenvalue weighted by atomic mass is 16.4. The molecule has 1 fully saturated rings. The van der Waals surface area contributed by atoms with Crippen LogP contribution < -0.4 is 5.73 Å². The lowest BCUT2D eigenvalue weighted by molar-refractivity contribution is -0.146. The van der Waals surface area contributed by atoms with Crippen LogP contribution in [-0.4, -0.2) is 41.0 Å². The second-order valence-electron chi connectivity index (χ2n) is 5.26. The van der Waals surface area contributed by atoms with Gasteiger partial charge in [-0.2, -0.15) is 0 Å². The van der Waals surface area contributed by atoms with Crippen LogP contribution in [0.2, 0.25) is 0 Å². The normalized spacial score (nSPS) is 20.4. The van der Waals surface area contributed by atoms with Crippen molar-refractivity contribution >= 4 is 11.9 Å². The van der Waals surface area contributed by atoms with Crippen molar-refractivity contribution in [2.24, 2.45) is 11.7 Å². The first-order chi connectivity index (χ1) is 9.58. The van der Waals surface area contributed by atoms with Crippen molar-refractivity contribution in [3.8, 4) is 0 Å². The van der Waals surface area contributed by atoms with E-state index in [4.69, 9.17) is 10.8 Å². The highest BCUT2D eigenvalue weighted by Gasteiger charge is 2.30. The minimum atomic E-state index is -0.834. The first-order valence-electron chi connectivity index (χ1n) is 6.89. The second kappa shape index (κ2) is 6.52. The van der Waals surface area contributed by atoms with Crippen LogP contribution in [0.5, 0.6) is 0 Å². The number of carbonyl (C=O) groups excluding carboxylic acids is 1. The van der Waals surface area contributed by atoms with Gasteiger partial charge in [-0.3, -0.25) is 9.59 Å². The zero-order chi connectivity index (χ0) is 14.5. The van der Waals surface area contributed by atoms with Crippen LogP contribution in [0.1, 0.15) is 18.4 Å². The Labute approximate surface area is 118 Å². The molecule has 0 bridgehead atoms. The van der Waals surface area contributed by atoms with Crippen molar-refractivity contribution in [1.82, 2.24) is 4.90 Å². The van der Waals surface area contributed by atoms with Crippen molar-refractivity contribution in [3.63, 3.8) is 0 Å². The van der Waals surface area contributed by atoms with Crippen LogP contribution in [0.4, 0.5) is 0 Å². The molecule has 5 heteroatoms. The van der Waals surface area contributed by atoms with Gasteiger partial charge in [-0.05, 0) is 24.8 Å². The molecule has 1 saturated heterocycles. The van der Waals surface area contributed by atoms with Gasteiger partial charge in [0.15, 0.2) is 0 Å². The van der Waals surface area contributed by atoms with E-state index in [0.717, 1.165) is 12.0 Å². The Morgan fingerprint density at radius 2 is 2.05 bits per heavy atom. The van der Waals surface area contributed by atoms with E-state index >= 15 is 0 Å². The Balaban J connectivity index is 1.94. The number of carboxylic acids is 1. The molecule has 1 aromatic carbocycles. The predicted molar refractivity (Wildman–Crippen MR) is 75.1 cm³/mol. The van der Waals surface area contributed by atoms with E-state index in [9.17, 15) is 9.59 Å². The minimum absolute atomic E-state index is 0.153. The monoisotopic (exact) mass is 276 g/mol. The van der Waals surface area contributed by atoms with Gasteiger partial charge in [0.05, 0.1) is 12.0 Å². The van der Waals surface area contributed by atoms with Crippen molar-refractivity contribution in [3.05, 3.63) is 35.9 Å². The zero-order valence-electron chi connectivity index (χ0n) is 11.4. The van der Waals surface area contributed by atoms with Crippen molar-refractivity contribution in [2.45, 2.75) is 25.3 Å². The van der Waals surface area contributed by atoms with Crippen molar-refractivity contribution < 1.29 is 14.7 Å². The summed E-state index contributed by atoms with van der Waals surface area (Å²) in [4.78, 5) is 24.9. The van der Waals surface area contributed by atoms with E-state index in [1.54, 1.807) is 4.90 Å². The summed E-state index contributed by atoms with van der Waals surface area (Å²) in [5.74, 6) is -1.45. The smallest absolute Gasteiger partial charge is 0.308 e. The largest absolute Gasteiger partial charge is 0.481 e. The van der Waals surface area contributed by atoms with Crippen LogP contribution in [0.25, 0.3) is 0 Å². The van der Waals surface area contributed by atoms with Gasteiger partial charge in [0.25, 0.3) is 0 Å². The molecule has 5 nitrogen and oxygen atoms in total. The molecule has 1 aliphatic rings. The van der Waals surface area contributed by atoms with Gasteiger partial charge in [0.1, 0.15) is 0 Å². The Morgan fingerprint density at radius 3 is 2.70 bits per heavy atom. The highest BCUT2D eigenvalue weighted by molar-refractivity contribution is 5.83. The lowest BCUT2D eigenvalue weighted by Crippen LogP contribution is -2.49. The highest BCUT2D eigenvalue weighted by Crippen LogP contribution is 2.17. The molecule has 1 heterocycles. The average molecular weight is 276 g/mol. The van der Waals surface area contributed by atoms with Crippen molar-refractivity contribution in [2.75, 3.05) is 13.1 Å². The van der Waals surface area contributed by atoms with E-state index in [-0.39, 0.29) is 12.5 Å². The number of benzene rings is 1. The summed E-state index contributed by atoms with van der Waals surface area (Å²) in [6, 6.07) is 9.00. The summed E-state index contributed by atoms with van der Waals surface area (Å²) in [6.45, 7) is 0.877. The second-order valence-corrected chi connectivity index (χ2v) is 5.26. The van der Waals surface area contributed by atoms with Gasteiger partial charge < -0.3 is 15.7 Å². The number of piperidine rings is 1.